The van der Waals surface area contributed by atoms with Crippen LogP contribution in [0.1, 0.15) is 12.8 Å². The number of methoxy groups -OCH3 is 1. The van der Waals surface area contributed by atoms with Crippen molar-refractivity contribution in [2.45, 2.75) is 18.9 Å². The molecule has 1 aromatic carbocycles. The first-order valence-electron chi connectivity index (χ1n) is 6.71. The first kappa shape index (κ1) is 13.6. The van der Waals surface area contributed by atoms with E-state index < -0.39 is 0 Å². The fourth-order valence-electron chi connectivity index (χ4n) is 2.72. The molecule has 5 heteroatoms. The van der Waals surface area contributed by atoms with E-state index in [9.17, 15) is 4.39 Å². The van der Waals surface area contributed by atoms with E-state index in [0.29, 0.717) is 21.6 Å². The van der Waals surface area contributed by atoms with E-state index in [1.54, 1.807) is 19.2 Å². The average molecular weight is 295 g/mol. The van der Waals surface area contributed by atoms with E-state index in [4.69, 9.17) is 16.3 Å². The Balaban J connectivity index is 1.95. The molecule has 0 bridgehead atoms. The standard InChI is InChI=1S/C15H16ClFN2O/c1-20-10-5-8-19(9-6-10)13-3-2-11-12(16)4-7-18-15(11)14(13)17/h2-4,7,10H,5-6,8-9H2,1H3. The summed E-state index contributed by atoms with van der Waals surface area (Å²) in [6.07, 6.45) is 3.64. The van der Waals surface area contributed by atoms with Gasteiger partial charge < -0.3 is 9.64 Å². The molecule has 1 fully saturated rings. The van der Waals surface area contributed by atoms with Crippen molar-refractivity contribution in [1.29, 1.82) is 0 Å². The minimum absolute atomic E-state index is 0.280. The van der Waals surface area contributed by atoms with Crippen molar-refractivity contribution >= 4 is 28.2 Å². The number of piperidine rings is 1. The molecular formula is C15H16ClFN2O. The van der Waals surface area contributed by atoms with Gasteiger partial charge in [-0.2, -0.15) is 0 Å². The van der Waals surface area contributed by atoms with Crippen molar-refractivity contribution < 1.29 is 9.13 Å². The fraction of sp³-hybridized carbons (Fsp3) is 0.400. The van der Waals surface area contributed by atoms with Crippen LogP contribution in [0, 0.1) is 5.82 Å². The molecule has 106 valence electrons. The van der Waals surface area contributed by atoms with Gasteiger partial charge in [0, 0.05) is 31.8 Å². The van der Waals surface area contributed by atoms with Crippen LogP contribution < -0.4 is 4.90 Å². The molecule has 0 unspecified atom stereocenters. The van der Waals surface area contributed by atoms with Crippen LogP contribution in [0.5, 0.6) is 0 Å². The normalized spacial score (nSPS) is 16.9. The number of rotatable bonds is 2. The summed E-state index contributed by atoms with van der Waals surface area (Å²) in [6, 6.07) is 5.30. The first-order valence-corrected chi connectivity index (χ1v) is 7.09. The van der Waals surface area contributed by atoms with Gasteiger partial charge >= 0.3 is 0 Å². The van der Waals surface area contributed by atoms with Crippen LogP contribution in [0.3, 0.4) is 0 Å². The summed E-state index contributed by atoms with van der Waals surface area (Å²) in [7, 11) is 1.73. The highest BCUT2D eigenvalue weighted by atomic mass is 35.5. The Bertz CT molecular complexity index is 627. The maximum absolute atomic E-state index is 14.6. The van der Waals surface area contributed by atoms with E-state index >= 15 is 0 Å². The molecule has 3 rings (SSSR count). The lowest BCUT2D eigenvalue weighted by Crippen LogP contribution is -2.37. The number of ether oxygens (including phenoxy) is 1. The molecule has 20 heavy (non-hydrogen) atoms. The Morgan fingerprint density at radius 1 is 1.30 bits per heavy atom. The molecule has 0 atom stereocenters. The third-order valence-electron chi connectivity index (χ3n) is 3.89. The lowest BCUT2D eigenvalue weighted by Gasteiger charge is -2.33. The molecule has 1 saturated heterocycles. The molecule has 3 nitrogen and oxygen atoms in total. The summed E-state index contributed by atoms with van der Waals surface area (Å²) in [5, 5.41) is 1.18. The summed E-state index contributed by atoms with van der Waals surface area (Å²) in [5.74, 6) is -0.291. The number of hydrogen-bond acceptors (Lipinski definition) is 3. The number of fused-ring (bicyclic) bond motifs is 1. The van der Waals surface area contributed by atoms with Gasteiger partial charge in [0.25, 0.3) is 0 Å². The second kappa shape index (κ2) is 5.54. The van der Waals surface area contributed by atoms with Gasteiger partial charge in [0.05, 0.1) is 16.8 Å². The predicted octanol–water partition coefficient (Wildman–Crippen LogP) is 3.64. The van der Waals surface area contributed by atoms with E-state index in [2.05, 4.69) is 4.98 Å². The number of anilines is 1. The van der Waals surface area contributed by atoms with Crippen molar-refractivity contribution in [1.82, 2.24) is 4.98 Å². The van der Waals surface area contributed by atoms with Crippen LogP contribution in [-0.2, 0) is 4.74 Å². The molecule has 0 saturated carbocycles. The van der Waals surface area contributed by atoms with Crippen LogP contribution in [0.4, 0.5) is 10.1 Å². The summed E-state index contributed by atoms with van der Waals surface area (Å²) >= 11 is 6.07. The molecule has 0 aliphatic carbocycles. The number of halogens is 2. The smallest absolute Gasteiger partial charge is 0.172 e. The zero-order valence-electron chi connectivity index (χ0n) is 11.3. The SMILES string of the molecule is COC1CCN(c2ccc3c(Cl)ccnc3c2F)CC1. The number of hydrogen-bond donors (Lipinski definition) is 0. The van der Waals surface area contributed by atoms with E-state index in [0.717, 1.165) is 25.9 Å². The summed E-state index contributed by atoms with van der Waals surface area (Å²) < 4.78 is 20.0. The van der Waals surface area contributed by atoms with Gasteiger partial charge in [0.15, 0.2) is 5.82 Å². The third kappa shape index (κ3) is 2.34. The lowest BCUT2D eigenvalue weighted by molar-refractivity contribution is 0.0818. The van der Waals surface area contributed by atoms with Crippen molar-refractivity contribution in [3.63, 3.8) is 0 Å². The monoisotopic (exact) mass is 294 g/mol. The molecule has 1 aliphatic heterocycles. The highest BCUT2D eigenvalue weighted by Gasteiger charge is 2.22. The minimum atomic E-state index is -0.291. The van der Waals surface area contributed by atoms with Gasteiger partial charge in [0.2, 0.25) is 0 Å². The maximum atomic E-state index is 14.6. The van der Waals surface area contributed by atoms with Crippen LogP contribution in [0.2, 0.25) is 5.02 Å². The van der Waals surface area contributed by atoms with Crippen LogP contribution in [-0.4, -0.2) is 31.3 Å². The number of aromatic nitrogens is 1. The van der Waals surface area contributed by atoms with Crippen molar-refractivity contribution in [3.8, 4) is 0 Å². The molecule has 2 heterocycles. The Hall–Kier alpha value is -1.39. The van der Waals surface area contributed by atoms with Gasteiger partial charge in [-0.3, -0.25) is 4.98 Å². The van der Waals surface area contributed by atoms with E-state index in [1.807, 2.05) is 11.0 Å². The minimum Gasteiger partial charge on any atom is -0.381 e. The van der Waals surface area contributed by atoms with Gasteiger partial charge in [-0.15, -0.1) is 0 Å². The largest absolute Gasteiger partial charge is 0.381 e. The topological polar surface area (TPSA) is 25.4 Å². The average Bonchev–Trinajstić information content (AvgIpc) is 2.49. The second-order valence-electron chi connectivity index (χ2n) is 5.01. The quantitative estimate of drug-likeness (QED) is 0.845. The van der Waals surface area contributed by atoms with Gasteiger partial charge in [0.1, 0.15) is 5.52 Å². The van der Waals surface area contributed by atoms with Crippen molar-refractivity contribution in [3.05, 3.63) is 35.2 Å². The van der Waals surface area contributed by atoms with Crippen molar-refractivity contribution in [2.75, 3.05) is 25.1 Å². The lowest BCUT2D eigenvalue weighted by atomic mass is 10.1. The highest BCUT2D eigenvalue weighted by Crippen LogP contribution is 2.31. The Morgan fingerprint density at radius 2 is 2.05 bits per heavy atom. The number of nitrogens with zero attached hydrogens (tertiary/aromatic N) is 2. The van der Waals surface area contributed by atoms with Gasteiger partial charge in [-0.1, -0.05) is 11.6 Å². The van der Waals surface area contributed by atoms with E-state index in [-0.39, 0.29) is 11.9 Å². The zero-order chi connectivity index (χ0) is 14.1. The fourth-order valence-corrected chi connectivity index (χ4v) is 2.93. The Labute approximate surface area is 122 Å². The molecule has 2 aromatic rings. The summed E-state index contributed by atoms with van der Waals surface area (Å²) in [6.45, 7) is 1.59. The van der Waals surface area contributed by atoms with Crippen LogP contribution in [0.25, 0.3) is 10.9 Å². The van der Waals surface area contributed by atoms with Gasteiger partial charge in [-0.05, 0) is 31.0 Å². The van der Waals surface area contributed by atoms with Crippen molar-refractivity contribution in [2.24, 2.45) is 0 Å². The summed E-state index contributed by atoms with van der Waals surface area (Å²) in [5.41, 5.74) is 0.936. The first-order chi connectivity index (χ1) is 9.70. The third-order valence-corrected chi connectivity index (χ3v) is 4.22. The summed E-state index contributed by atoms with van der Waals surface area (Å²) in [4.78, 5) is 6.17. The number of pyridine rings is 1. The zero-order valence-corrected chi connectivity index (χ0v) is 12.0. The molecular weight excluding hydrogens is 279 g/mol. The van der Waals surface area contributed by atoms with E-state index in [1.165, 1.54) is 6.20 Å². The Kier molecular flexibility index (Phi) is 3.76. The molecule has 0 radical (unpaired) electrons. The molecule has 1 aromatic heterocycles. The Morgan fingerprint density at radius 3 is 2.75 bits per heavy atom. The number of benzene rings is 1. The second-order valence-corrected chi connectivity index (χ2v) is 5.42. The molecule has 0 amide bonds. The molecule has 1 aliphatic rings. The van der Waals surface area contributed by atoms with Crippen LogP contribution in [0.15, 0.2) is 24.4 Å². The predicted molar refractivity (Wildman–Crippen MR) is 79.0 cm³/mol. The van der Waals surface area contributed by atoms with Gasteiger partial charge in [-0.25, -0.2) is 4.39 Å². The maximum Gasteiger partial charge on any atom is 0.172 e. The molecule has 0 N–H and O–H groups in total. The molecule has 0 spiro atoms. The van der Waals surface area contributed by atoms with Crippen LogP contribution >= 0.6 is 11.6 Å². The highest BCUT2D eigenvalue weighted by molar-refractivity contribution is 6.35.